The largest absolute Gasteiger partial charge is 0.394 e. The number of benzene rings is 1. The lowest BCUT2D eigenvalue weighted by Gasteiger charge is -2.31. The number of hydrogen-bond acceptors (Lipinski definition) is 4. The molecule has 3 rings (SSSR count). The Balaban J connectivity index is 1.67. The van der Waals surface area contributed by atoms with Crippen LogP contribution in [0.5, 0.6) is 0 Å². The number of aromatic nitrogens is 2. The fourth-order valence-electron chi connectivity index (χ4n) is 2.71. The van der Waals surface area contributed by atoms with Crippen LogP contribution < -0.4 is 5.32 Å². The van der Waals surface area contributed by atoms with Gasteiger partial charge in [-0.2, -0.15) is 0 Å². The minimum absolute atomic E-state index is 0.250. The van der Waals surface area contributed by atoms with Crippen molar-refractivity contribution < 1.29 is 14.7 Å². The number of nitrogens with zero attached hydrogens (tertiary/aromatic N) is 2. The third-order valence-corrected chi connectivity index (χ3v) is 3.97. The Morgan fingerprint density at radius 3 is 2.83 bits per heavy atom. The van der Waals surface area contributed by atoms with Gasteiger partial charge in [0.15, 0.2) is 0 Å². The molecular formula is C16H18N4O3. The number of H-pyrrole nitrogens is 1. The second-order valence-electron chi connectivity index (χ2n) is 5.45. The first-order chi connectivity index (χ1) is 11.2. The molecule has 0 spiro atoms. The van der Waals surface area contributed by atoms with Crippen LogP contribution in [0.4, 0.5) is 0 Å². The van der Waals surface area contributed by atoms with Crippen LogP contribution in [0.2, 0.25) is 0 Å². The molecule has 0 unspecified atom stereocenters. The molecule has 7 nitrogen and oxygen atoms in total. The summed E-state index contributed by atoms with van der Waals surface area (Å²) < 4.78 is 0. The zero-order chi connectivity index (χ0) is 16.2. The average molecular weight is 314 g/mol. The first-order valence-corrected chi connectivity index (χ1v) is 7.44. The molecule has 2 aromatic rings. The van der Waals surface area contributed by atoms with Gasteiger partial charge in [0.1, 0.15) is 11.7 Å². The second kappa shape index (κ2) is 6.62. The minimum atomic E-state index is -0.962. The van der Waals surface area contributed by atoms with Crippen LogP contribution in [0.1, 0.15) is 21.6 Å². The summed E-state index contributed by atoms with van der Waals surface area (Å²) in [5, 5.41) is 12.0. The number of rotatable bonds is 4. The van der Waals surface area contributed by atoms with Crippen molar-refractivity contribution in [1.29, 1.82) is 0 Å². The molecule has 23 heavy (non-hydrogen) atoms. The van der Waals surface area contributed by atoms with Crippen molar-refractivity contribution in [3.63, 3.8) is 0 Å². The summed E-state index contributed by atoms with van der Waals surface area (Å²) in [5.74, 6) is -0.748. The molecule has 1 aromatic heterocycles. The minimum Gasteiger partial charge on any atom is -0.394 e. The number of aliphatic hydroxyl groups is 1. The zero-order valence-corrected chi connectivity index (χ0v) is 12.5. The predicted molar refractivity (Wildman–Crippen MR) is 82.5 cm³/mol. The van der Waals surface area contributed by atoms with E-state index in [1.165, 1.54) is 18.1 Å². The monoisotopic (exact) mass is 314 g/mol. The van der Waals surface area contributed by atoms with Gasteiger partial charge in [-0.1, -0.05) is 24.3 Å². The van der Waals surface area contributed by atoms with Crippen LogP contribution in [0.15, 0.2) is 36.8 Å². The van der Waals surface area contributed by atoms with Gasteiger partial charge >= 0.3 is 0 Å². The van der Waals surface area contributed by atoms with E-state index in [9.17, 15) is 14.7 Å². The lowest BCUT2D eigenvalue weighted by molar-refractivity contribution is -0.135. The van der Waals surface area contributed by atoms with E-state index in [0.717, 1.165) is 12.0 Å². The Bertz CT molecular complexity index is 699. The molecule has 0 fully saturated rings. The van der Waals surface area contributed by atoms with Gasteiger partial charge in [-0.3, -0.25) is 9.59 Å². The second-order valence-corrected chi connectivity index (χ2v) is 5.45. The third-order valence-electron chi connectivity index (χ3n) is 3.97. The Labute approximate surface area is 133 Å². The summed E-state index contributed by atoms with van der Waals surface area (Å²) in [5.41, 5.74) is 2.59. The summed E-state index contributed by atoms with van der Waals surface area (Å²) in [4.78, 5) is 32.7. The van der Waals surface area contributed by atoms with Crippen molar-refractivity contribution in [2.24, 2.45) is 0 Å². The van der Waals surface area contributed by atoms with Gasteiger partial charge in [-0.25, -0.2) is 4.98 Å². The highest BCUT2D eigenvalue weighted by molar-refractivity contribution is 5.96. The molecule has 2 amide bonds. The number of aliphatic hydroxyl groups excluding tert-OH is 1. The summed E-state index contributed by atoms with van der Waals surface area (Å²) in [7, 11) is 0. The van der Waals surface area contributed by atoms with Gasteiger partial charge < -0.3 is 20.3 Å². The standard InChI is InChI=1S/C16H18N4O3/c21-9-14(19-15(22)13-7-17-10-18-13)16(23)20-6-5-11-3-1-2-4-12(11)8-20/h1-4,7,10,14,21H,5-6,8-9H2,(H,17,18)(H,19,22)/t14-/m0/s1. The highest BCUT2D eigenvalue weighted by Gasteiger charge is 2.28. The van der Waals surface area contributed by atoms with Gasteiger partial charge in [-0.15, -0.1) is 0 Å². The van der Waals surface area contributed by atoms with E-state index in [4.69, 9.17) is 0 Å². The van der Waals surface area contributed by atoms with Crippen LogP contribution in [-0.2, 0) is 17.8 Å². The molecule has 7 heteroatoms. The molecule has 0 aliphatic carbocycles. The predicted octanol–water partition coefficient (Wildman–Crippen LogP) is 0.0853. The maximum Gasteiger partial charge on any atom is 0.270 e. The van der Waals surface area contributed by atoms with E-state index in [-0.39, 0.29) is 11.6 Å². The van der Waals surface area contributed by atoms with Gasteiger partial charge in [0.25, 0.3) is 5.91 Å². The van der Waals surface area contributed by atoms with Crippen LogP contribution in [0, 0.1) is 0 Å². The van der Waals surface area contributed by atoms with E-state index in [1.807, 2.05) is 18.2 Å². The lowest BCUT2D eigenvalue weighted by atomic mass is 9.99. The number of imidazole rings is 1. The molecule has 0 radical (unpaired) electrons. The molecule has 120 valence electrons. The summed E-state index contributed by atoms with van der Waals surface area (Å²) in [6.07, 6.45) is 3.52. The Kier molecular flexibility index (Phi) is 4.38. The van der Waals surface area contributed by atoms with E-state index >= 15 is 0 Å². The fraction of sp³-hybridized carbons (Fsp3) is 0.312. The van der Waals surface area contributed by atoms with Crippen LogP contribution in [0.25, 0.3) is 0 Å². The smallest absolute Gasteiger partial charge is 0.270 e. The maximum absolute atomic E-state index is 12.6. The number of carbonyl (C=O) groups is 2. The van der Waals surface area contributed by atoms with Gasteiger partial charge in [0.05, 0.1) is 19.1 Å². The Morgan fingerprint density at radius 1 is 1.35 bits per heavy atom. The maximum atomic E-state index is 12.6. The first-order valence-electron chi connectivity index (χ1n) is 7.44. The SMILES string of the molecule is O=C(N[C@@H](CO)C(=O)N1CCc2ccccc2C1)c1cnc[nH]1. The first kappa shape index (κ1) is 15.2. The molecule has 1 aliphatic rings. The van der Waals surface area contributed by atoms with Crippen LogP contribution >= 0.6 is 0 Å². The molecular weight excluding hydrogens is 296 g/mol. The Morgan fingerprint density at radius 2 is 2.13 bits per heavy atom. The topological polar surface area (TPSA) is 98.3 Å². The van der Waals surface area contributed by atoms with E-state index in [0.29, 0.717) is 13.1 Å². The highest BCUT2D eigenvalue weighted by atomic mass is 16.3. The fourth-order valence-corrected chi connectivity index (χ4v) is 2.71. The van der Waals surface area contributed by atoms with Crippen molar-refractivity contribution >= 4 is 11.8 Å². The van der Waals surface area contributed by atoms with E-state index in [1.54, 1.807) is 4.90 Å². The number of nitrogens with one attached hydrogen (secondary N) is 2. The highest BCUT2D eigenvalue weighted by Crippen LogP contribution is 2.19. The molecule has 2 heterocycles. The molecule has 1 atom stereocenters. The van der Waals surface area contributed by atoms with Crippen molar-refractivity contribution in [2.45, 2.75) is 19.0 Å². The number of carbonyl (C=O) groups excluding carboxylic acids is 2. The summed E-state index contributed by atoms with van der Waals surface area (Å²) in [6.45, 7) is 0.620. The number of hydrogen-bond donors (Lipinski definition) is 3. The average Bonchev–Trinajstić information content (AvgIpc) is 3.13. The quantitative estimate of drug-likeness (QED) is 0.744. The van der Waals surface area contributed by atoms with E-state index < -0.39 is 18.6 Å². The molecule has 1 aromatic carbocycles. The summed E-state index contributed by atoms with van der Waals surface area (Å²) in [6, 6.07) is 7.01. The zero-order valence-electron chi connectivity index (χ0n) is 12.5. The normalized spacial score (nSPS) is 14.9. The lowest BCUT2D eigenvalue weighted by Crippen LogP contribution is -2.51. The van der Waals surface area contributed by atoms with Crippen molar-refractivity contribution in [2.75, 3.05) is 13.2 Å². The van der Waals surface area contributed by atoms with Gasteiger partial charge in [0.2, 0.25) is 5.91 Å². The van der Waals surface area contributed by atoms with Gasteiger partial charge in [0, 0.05) is 13.1 Å². The number of aromatic amines is 1. The number of fused-ring (bicyclic) bond motifs is 1. The van der Waals surface area contributed by atoms with Crippen molar-refractivity contribution in [1.82, 2.24) is 20.2 Å². The van der Waals surface area contributed by atoms with E-state index in [2.05, 4.69) is 21.4 Å². The molecule has 3 N–H and O–H groups in total. The Hall–Kier alpha value is -2.67. The van der Waals surface area contributed by atoms with Gasteiger partial charge in [-0.05, 0) is 17.5 Å². The van der Waals surface area contributed by atoms with Crippen molar-refractivity contribution in [3.05, 3.63) is 53.6 Å². The van der Waals surface area contributed by atoms with Crippen LogP contribution in [-0.4, -0.2) is 51.0 Å². The molecule has 0 saturated heterocycles. The third kappa shape index (κ3) is 3.24. The molecule has 0 bridgehead atoms. The number of amides is 2. The molecule has 1 aliphatic heterocycles. The summed E-state index contributed by atoms with van der Waals surface area (Å²) >= 11 is 0. The van der Waals surface area contributed by atoms with Crippen molar-refractivity contribution in [3.8, 4) is 0 Å². The molecule has 0 saturated carbocycles. The van der Waals surface area contributed by atoms with Crippen LogP contribution in [0.3, 0.4) is 0 Å².